The second-order valence-corrected chi connectivity index (χ2v) is 3.59. The fourth-order valence-electron chi connectivity index (χ4n) is 1.68. The Balaban J connectivity index is 0.00000196. The highest BCUT2D eigenvalue weighted by Gasteiger charge is 2.33. The van der Waals surface area contributed by atoms with Crippen molar-refractivity contribution >= 4 is 18.3 Å². The average Bonchev–Trinajstić information content (AvgIpc) is 2.01. The predicted octanol–water partition coefficient (Wildman–Crippen LogP) is 1.17. The summed E-state index contributed by atoms with van der Waals surface area (Å²) in [5, 5.41) is 0. The van der Waals surface area contributed by atoms with Crippen molar-refractivity contribution in [2.24, 2.45) is 11.7 Å². The van der Waals surface area contributed by atoms with Gasteiger partial charge >= 0.3 is 6.18 Å². The summed E-state index contributed by atoms with van der Waals surface area (Å²) in [6.07, 6.45) is -2.99. The minimum atomic E-state index is -4.19. The van der Waals surface area contributed by atoms with Crippen LogP contribution in [0.3, 0.4) is 0 Å². The Labute approximate surface area is 92.2 Å². The Kier molecular flexibility index (Phi) is 5.37. The number of primary amides is 1. The molecule has 0 spiro atoms. The summed E-state index contributed by atoms with van der Waals surface area (Å²) < 4.78 is 36.0. The standard InChI is InChI=1S/C8H13F3N2O.ClH/c9-8(10,11)5-13-3-1-2-6(4-13)7(12)14;/h6H,1-5H2,(H2,12,14);1H. The van der Waals surface area contributed by atoms with Crippen LogP contribution < -0.4 is 5.73 Å². The Morgan fingerprint density at radius 2 is 2.07 bits per heavy atom. The fourth-order valence-corrected chi connectivity index (χ4v) is 1.68. The molecular formula is C8H14ClF3N2O. The normalized spacial score (nSPS) is 23.3. The zero-order chi connectivity index (χ0) is 10.8. The maximum atomic E-state index is 12.0. The van der Waals surface area contributed by atoms with Gasteiger partial charge in [-0.25, -0.2) is 0 Å². The first-order valence-electron chi connectivity index (χ1n) is 4.47. The number of amides is 1. The lowest BCUT2D eigenvalue weighted by Gasteiger charge is -2.31. The maximum absolute atomic E-state index is 12.0. The van der Waals surface area contributed by atoms with Crippen molar-refractivity contribution in [1.29, 1.82) is 0 Å². The Hall–Kier alpha value is -0.490. The first kappa shape index (κ1) is 14.5. The second kappa shape index (κ2) is 5.55. The molecule has 1 fully saturated rings. The molecule has 1 aliphatic rings. The summed E-state index contributed by atoms with van der Waals surface area (Å²) in [7, 11) is 0. The third-order valence-corrected chi connectivity index (χ3v) is 2.31. The van der Waals surface area contributed by atoms with Gasteiger partial charge in [0.2, 0.25) is 5.91 Å². The molecule has 1 aliphatic heterocycles. The van der Waals surface area contributed by atoms with Crippen LogP contribution in [0.4, 0.5) is 13.2 Å². The van der Waals surface area contributed by atoms with Crippen molar-refractivity contribution in [2.75, 3.05) is 19.6 Å². The molecule has 1 saturated heterocycles. The molecule has 1 rings (SSSR count). The van der Waals surface area contributed by atoms with Crippen LogP contribution in [0.1, 0.15) is 12.8 Å². The summed E-state index contributed by atoms with van der Waals surface area (Å²) >= 11 is 0. The van der Waals surface area contributed by atoms with Crippen molar-refractivity contribution in [1.82, 2.24) is 4.90 Å². The van der Waals surface area contributed by atoms with Crippen LogP contribution in [0.2, 0.25) is 0 Å². The van der Waals surface area contributed by atoms with Crippen molar-refractivity contribution < 1.29 is 18.0 Å². The van der Waals surface area contributed by atoms with Crippen LogP contribution in [0.15, 0.2) is 0 Å². The van der Waals surface area contributed by atoms with Gasteiger partial charge in [0.1, 0.15) is 0 Å². The monoisotopic (exact) mass is 246 g/mol. The van der Waals surface area contributed by atoms with Gasteiger partial charge < -0.3 is 5.73 Å². The maximum Gasteiger partial charge on any atom is 0.401 e. The van der Waals surface area contributed by atoms with Gasteiger partial charge in [0.15, 0.2) is 0 Å². The number of likely N-dealkylation sites (tertiary alicyclic amines) is 1. The molecule has 2 N–H and O–H groups in total. The van der Waals surface area contributed by atoms with Crippen molar-refractivity contribution in [3.63, 3.8) is 0 Å². The molecular weight excluding hydrogens is 233 g/mol. The van der Waals surface area contributed by atoms with Crippen molar-refractivity contribution in [3.8, 4) is 0 Å². The van der Waals surface area contributed by atoms with Crippen LogP contribution in [0.25, 0.3) is 0 Å². The zero-order valence-corrected chi connectivity index (χ0v) is 8.90. The number of piperidine rings is 1. The predicted molar refractivity (Wildman–Crippen MR) is 51.7 cm³/mol. The molecule has 7 heteroatoms. The molecule has 0 radical (unpaired) electrons. The van der Waals surface area contributed by atoms with Crippen molar-refractivity contribution in [3.05, 3.63) is 0 Å². The number of alkyl halides is 3. The summed E-state index contributed by atoms with van der Waals surface area (Å²) in [5.74, 6) is -0.928. The van der Waals surface area contributed by atoms with Crippen LogP contribution in [0.5, 0.6) is 0 Å². The highest BCUT2D eigenvalue weighted by atomic mass is 35.5. The summed E-state index contributed by atoms with van der Waals surface area (Å²) in [5.41, 5.74) is 5.05. The molecule has 1 amide bonds. The van der Waals surface area contributed by atoms with E-state index in [0.29, 0.717) is 19.4 Å². The Bertz CT molecular complexity index is 222. The quantitative estimate of drug-likeness (QED) is 0.795. The van der Waals surface area contributed by atoms with E-state index in [1.807, 2.05) is 0 Å². The molecule has 0 aromatic carbocycles. The van der Waals surface area contributed by atoms with Gasteiger partial charge in [0.25, 0.3) is 0 Å². The number of halogens is 4. The lowest BCUT2D eigenvalue weighted by Crippen LogP contribution is -2.44. The van der Waals surface area contributed by atoms with Gasteiger partial charge in [-0.2, -0.15) is 13.2 Å². The minimum absolute atomic E-state index is 0. The third kappa shape index (κ3) is 5.22. The van der Waals surface area contributed by atoms with E-state index < -0.39 is 24.5 Å². The summed E-state index contributed by atoms with van der Waals surface area (Å²) in [6, 6.07) is 0. The Morgan fingerprint density at radius 1 is 1.47 bits per heavy atom. The number of hydrogen-bond donors (Lipinski definition) is 1. The largest absolute Gasteiger partial charge is 0.401 e. The van der Waals surface area contributed by atoms with Gasteiger partial charge in [0, 0.05) is 6.54 Å². The number of rotatable bonds is 2. The molecule has 0 saturated carbocycles. The first-order chi connectivity index (χ1) is 6.38. The fraction of sp³-hybridized carbons (Fsp3) is 0.875. The molecule has 15 heavy (non-hydrogen) atoms. The number of nitrogens with zero attached hydrogens (tertiary/aromatic N) is 1. The summed E-state index contributed by atoms with van der Waals surface area (Å²) in [4.78, 5) is 12.0. The van der Waals surface area contributed by atoms with Gasteiger partial charge in [-0.3, -0.25) is 9.69 Å². The highest BCUT2D eigenvalue weighted by Crippen LogP contribution is 2.21. The molecule has 1 unspecified atom stereocenters. The van der Waals surface area contributed by atoms with Gasteiger partial charge in [-0.1, -0.05) is 0 Å². The van der Waals surface area contributed by atoms with Crippen LogP contribution in [-0.2, 0) is 4.79 Å². The highest BCUT2D eigenvalue weighted by molar-refractivity contribution is 5.85. The first-order valence-corrected chi connectivity index (χ1v) is 4.47. The van der Waals surface area contributed by atoms with Gasteiger partial charge in [-0.05, 0) is 19.4 Å². The number of carbonyl (C=O) groups excluding carboxylic acids is 1. The van der Waals surface area contributed by atoms with Crippen LogP contribution >= 0.6 is 12.4 Å². The van der Waals surface area contributed by atoms with E-state index in [-0.39, 0.29) is 19.0 Å². The van der Waals surface area contributed by atoms with E-state index in [4.69, 9.17) is 5.73 Å². The van der Waals surface area contributed by atoms with Gasteiger partial charge in [0.05, 0.1) is 12.5 Å². The van der Waals surface area contributed by atoms with E-state index in [2.05, 4.69) is 0 Å². The molecule has 0 bridgehead atoms. The molecule has 3 nitrogen and oxygen atoms in total. The van der Waals surface area contributed by atoms with Crippen LogP contribution in [0, 0.1) is 5.92 Å². The topological polar surface area (TPSA) is 46.3 Å². The van der Waals surface area contributed by atoms with E-state index in [0.717, 1.165) is 0 Å². The molecule has 0 aromatic heterocycles. The molecule has 0 aromatic rings. The smallest absolute Gasteiger partial charge is 0.369 e. The van der Waals surface area contributed by atoms with E-state index in [1.54, 1.807) is 0 Å². The van der Waals surface area contributed by atoms with Crippen molar-refractivity contribution in [2.45, 2.75) is 19.0 Å². The van der Waals surface area contributed by atoms with E-state index >= 15 is 0 Å². The second-order valence-electron chi connectivity index (χ2n) is 3.59. The lowest BCUT2D eigenvalue weighted by molar-refractivity contribution is -0.151. The zero-order valence-electron chi connectivity index (χ0n) is 8.09. The average molecular weight is 247 g/mol. The summed E-state index contributed by atoms with van der Waals surface area (Å²) in [6.45, 7) is -0.422. The number of nitrogens with two attached hydrogens (primary N) is 1. The number of carbonyl (C=O) groups is 1. The van der Waals surface area contributed by atoms with Crippen LogP contribution in [-0.4, -0.2) is 36.6 Å². The van der Waals surface area contributed by atoms with Gasteiger partial charge in [-0.15, -0.1) is 12.4 Å². The molecule has 1 heterocycles. The van der Waals surface area contributed by atoms with E-state index in [9.17, 15) is 18.0 Å². The number of hydrogen-bond acceptors (Lipinski definition) is 2. The van der Waals surface area contributed by atoms with E-state index in [1.165, 1.54) is 4.90 Å². The molecule has 1 atom stereocenters. The SMILES string of the molecule is Cl.NC(=O)C1CCCN(CC(F)(F)F)C1. The molecule has 90 valence electrons. The third-order valence-electron chi connectivity index (χ3n) is 2.31. The minimum Gasteiger partial charge on any atom is -0.369 e. The molecule has 0 aliphatic carbocycles. The lowest BCUT2D eigenvalue weighted by atomic mass is 9.97. The Morgan fingerprint density at radius 3 is 2.53 bits per heavy atom.